The first-order valence-corrected chi connectivity index (χ1v) is 7.34. The summed E-state index contributed by atoms with van der Waals surface area (Å²) in [5, 5.41) is 5.73. The molecular weight excluding hydrogens is 316 g/mol. The van der Waals surface area contributed by atoms with Crippen molar-refractivity contribution in [1.82, 2.24) is 0 Å². The fourth-order valence-electron chi connectivity index (χ4n) is 2.01. The number of ether oxygens (including phenoxy) is 1. The summed E-state index contributed by atoms with van der Waals surface area (Å²) in [6, 6.07) is 12.0. The zero-order chi connectivity index (χ0) is 16.8. The van der Waals surface area contributed by atoms with Crippen molar-refractivity contribution in [1.29, 1.82) is 0 Å². The summed E-state index contributed by atoms with van der Waals surface area (Å²) in [5.74, 6) is -0.447. The molecule has 0 unspecified atom stereocenters. The third-order valence-corrected chi connectivity index (χ3v) is 3.38. The number of carbonyl (C=O) groups is 2. The van der Waals surface area contributed by atoms with E-state index in [1.165, 1.54) is 6.92 Å². The predicted molar refractivity (Wildman–Crippen MR) is 90.9 cm³/mol. The average Bonchev–Trinajstić information content (AvgIpc) is 2.50. The second-order valence-corrected chi connectivity index (χ2v) is 5.37. The van der Waals surface area contributed by atoms with E-state index in [2.05, 4.69) is 10.6 Å². The van der Waals surface area contributed by atoms with E-state index in [0.717, 1.165) is 5.56 Å². The molecule has 0 spiro atoms. The number of amides is 2. The van der Waals surface area contributed by atoms with Gasteiger partial charge in [0.15, 0.2) is 0 Å². The molecule has 2 aromatic rings. The van der Waals surface area contributed by atoms with Crippen LogP contribution in [-0.2, 0) is 16.1 Å². The second kappa shape index (κ2) is 7.76. The van der Waals surface area contributed by atoms with Crippen molar-refractivity contribution in [2.24, 2.45) is 0 Å². The van der Waals surface area contributed by atoms with Crippen LogP contribution in [0.5, 0.6) is 0 Å². The Kier molecular flexibility index (Phi) is 5.73. The van der Waals surface area contributed by atoms with Gasteiger partial charge in [-0.15, -0.1) is 0 Å². The molecule has 2 aromatic carbocycles. The topological polar surface area (TPSA) is 67.4 Å². The van der Waals surface area contributed by atoms with Gasteiger partial charge in [-0.2, -0.15) is 0 Å². The molecule has 2 N–H and O–H groups in total. The Balaban J connectivity index is 2.07. The van der Waals surface area contributed by atoms with Crippen LogP contribution in [0, 0.1) is 0 Å². The zero-order valence-corrected chi connectivity index (χ0v) is 13.6. The Morgan fingerprint density at radius 2 is 1.78 bits per heavy atom. The zero-order valence-electron chi connectivity index (χ0n) is 12.9. The number of rotatable bonds is 5. The van der Waals surface area contributed by atoms with Gasteiger partial charge in [0.2, 0.25) is 5.91 Å². The molecule has 120 valence electrons. The van der Waals surface area contributed by atoms with E-state index in [0.29, 0.717) is 28.6 Å². The highest BCUT2D eigenvalue weighted by molar-refractivity contribution is 6.34. The van der Waals surface area contributed by atoms with Crippen LogP contribution in [0.2, 0.25) is 5.02 Å². The van der Waals surface area contributed by atoms with E-state index in [1.54, 1.807) is 37.4 Å². The molecule has 0 bridgehead atoms. The van der Waals surface area contributed by atoms with Gasteiger partial charge in [0.1, 0.15) is 0 Å². The minimum atomic E-state index is -0.239. The van der Waals surface area contributed by atoms with E-state index in [9.17, 15) is 9.59 Å². The summed E-state index contributed by atoms with van der Waals surface area (Å²) in [7, 11) is 1.62. The number of nitrogens with one attached hydrogen (secondary N) is 2. The van der Waals surface area contributed by atoms with E-state index < -0.39 is 0 Å². The molecule has 0 saturated carbocycles. The van der Waals surface area contributed by atoms with Crippen molar-refractivity contribution >= 4 is 34.8 Å². The largest absolute Gasteiger partial charge is 0.380 e. The number of methoxy groups -OCH3 is 1. The van der Waals surface area contributed by atoms with Gasteiger partial charge in [0.25, 0.3) is 5.91 Å². The van der Waals surface area contributed by atoms with Gasteiger partial charge in [0.05, 0.1) is 17.3 Å². The number of anilines is 2. The predicted octanol–water partition coefficient (Wildman–Crippen LogP) is 3.70. The van der Waals surface area contributed by atoms with E-state index in [1.807, 2.05) is 12.1 Å². The highest BCUT2D eigenvalue weighted by Crippen LogP contribution is 2.25. The van der Waals surface area contributed by atoms with Crippen LogP contribution < -0.4 is 10.6 Å². The van der Waals surface area contributed by atoms with E-state index in [4.69, 9.17) is 16.3 Å². The SMILES string of the molecule is COCc1ccc(C(=O)Nc2ccc(NC(C)=O)c(Cl)c2)cc1. The van der Waals surface area contributed by atoms with Crippen molar-refractivity contribution in [3.05, 3.63) is 58.6 Å². The first-order chi connectivity index (χ1) is 11.0. The van der Waals surface area contributed by atoms with Crippen LogP contribution in [-0.4, -0.2) is 18.9 Å². The summed E-state index contributed by atoms with van der Waals surface area (Å²) in [4.78, 5) is 23.2. The van der Waals surface area contributed by atoms with E-state index >= 15 is 0 Å². The lowest BCUT2D eigenvalue weighted by Crippen LogP contribution is -2.12. The molecular formula is C17H17ClN2O3. The Morgan fingerprint density at radius 1 is 1.09 bits per heavy atom. The molecule has 0 aliphatic carbocycles. The van der Waals surface area contributed by atoms with Crippen LogP contribution in [0.3, 0.4) is 0 Å². The lowest BCUT2D eigenvalue weighted by molar-refractivity contribution is -0.114. The van der Waals surface area contributed by atoms with Crippen LogP contribution >= 0.6 is 11.6 Å². The van der Waals surface area contributed by atoms with Crippen molar-refractivity contribution in [2.75, 3.05) is 17.7 Å². The van der Waals surface area contributed by atoms with Gasteiger partial charge < -0.3 is 15.4 Å². The quantitative estimate of drug-likeness (QED) is 0.877. The molecule has 2 rings (SSSR count). The van der Waals surface area contributed by atoms with Crippen molar-refractivity contribution in [2.45, 2.75) is 13.5 Å². The highest BCUT2D eigenvalue weighted by Gasteiger charge is 2.08. The smallest absolute Gasteiger partial charge is 0.255 e. The van der Waals surface area contributed by atoms with Crippen LogP contribution in [0.25, 0.3) is 0 Å². The molecule has 0 atom stereocenters. The monoisotopic (exact) mass is 332 g/mol. The number of benzene rings is 2. The first kappa shape index (κ1) is 17.0. The molecule has 23 heavy (non-hydrogen) atoms. The highest BCUT2D eigenvalue weighted by atomic mass is 35.5. The molecule has 0 heterocycles. The molecule has 0 aliphatic heterocycles. The van der Waals surface area contributed by atoms with Gasteiger partial charge in [-0.3, -0.25) is 9.59 Å². The molecule has 2 amide bonds. The van der Waals surface area contributed by atoms with E-state index in [-0.39, 0.29) is 11.8 Å². The molecule has 0 radical (unpaired) electrons. The summed E-state index contributed by atoms with van der Waals surface area (Å²) >= 11 is 6.08. The van der Waals surface area contributed by atoms with Crippen LogP contribution in [0.4, 0.5) is 11.4 Å². The maximum absolute atomic E-state index is 12.2. The van der Waals surface area contributed by atoms with Gasteiger partial charge in [0, 0.05) is 25.3 Å². The fourth-order valence-corrected chi connectivity index (χ4v) is 2.23. The van der Waals surface area contributed by atoms with Gasteiger partial charge >= 0.3 is 0 Å². The van der Waals surface area contributed by atoms with Gasteiger partial charge in [-0.1, -0.05) is 23.7 Å². The maximum atomic E-state index is 12.2. The molecule has 6 heteroatoms. The third kappa shape index (κ3) is 4.81. The minimum absolute atomic E-state index is 0.208. The third-order valence-electron chi connectivity index (χ3n) is 3.06. The normalized spacial score (nSPS) is 10.2. The van der Waals surface area contributed by atoms with Crippen molar-refractivity contribution in [3.63, 3.8) is 0 Å². The Morgan fingerprint density at radius 3 is 2.35 bits per heavy atom. The summed E-state index contributed by atoms with van der Waals surface area (Å²) in [5.41, 5.74) is 2.58. The van der Waals surface area contributed by atoms with Crippen LogP contribution in [0.1, 0.15) is 22.8 Å². The van der Waals surface area contributed by atoms with Gasteiger partial charge in [-0.25, -0.2) is 0 Å². The number of hydrogen-bond donors (Lipinski definition) is 2. The molecule has 0 aliphatic rings. The van der Waals surface area contributed by atoms with Crippen molar-refractivity contribution < 1.29 is 14.3 Å². The Hall–Kier alpha value is -2.37. The lowest BCUT2D eigenvalue weighted by atomic mass is 10.1. The summed E-state index contributed by atoms with van der Waals surface area (Å²) < 4.78 is 5.03. The second-order valence-electron chi connectivity index (χ2n) is 4.96. The van der Waals surface area contributed by atoms with Gasteiger partial charge in [-0.05, 0) is 35.9 Å². The molecule has 0 aromatic heterocycles. The average molecular weight is 333 g/mol. The Labute approximate surface area is 139 Å². The van der Waals surface area contributed by atoms with Crippen LogP contribution in [0.15, 0.2) is 42.5 Å². The summed E-state index contributed by atoms with van der Waals surface area (Å²) in [6.07, 6.45) is 0. The standard InChI is InChI=1S/C17H17ClN2O3/c1-11(21)19-16-8-7-14(9-15(16)18)20-17(22)13-5-3-12(4-6-13)10-23-2/h3-9H,10H2,1-2H3,(H,19,21)(H,20,22). The van der Waals surface area contributed by atoms with Crippen molar-refractivity contribution in [3.8, 4) is 0 Å². The first-order valence-electron chi connectivity index (χ1n) is 6.96. The minimum Gasteiger partial charge on any atom is -0.380 e. The maximum Gasteiger partial charge on any atom is 0.255 e. The Bertz CT molecular complexity index is 714. The number of halogens is 1. The summed E-state index contributed by atoms with van der Waals surface area (Å²) in [6.45, 7) is 1.90. The molecule has 5 nitrogen and oxygen atoms in total. The lowest BCUT2D eigenvalue weighted by Gasteiger charge is -2.09. The fraction of sp³-hybridized carbons (Fsp3) is 0.176. The molecule has 0 fully saturated rings. The number of hydrogen-bond acceptors (Lipinski definition) is 3. The number of carbonyl (C=O) groups excluding carboxylic acids is 2. The molecule has 0 saturated heterocycles.